The SMILES string of the molecule is CCOc1ccc(/C=C2/N=C(c3ccc(C)cc3)N(c3cccc(Br)c3)C2=O)cc1. The van der Waals surface area contributed by atoms with Crippen molar-refractivity contribution in [1.29, 1.82) is 0 Å². The van der Waals surface area contributed by atoms with Gasteiger partial charge < -0.3 is 4.74 Å². The van der Waals surface area contributed by atoms with Crippen molar-refractivity contribution in [2.75, 3.05) is 11.5 Å². The molecule has 0 aromatic heterocycles. The summed E-state index contributed by atoms with van der Waals surface area (Å²) in [6, 6.07) is 23.3. The second-order valence-electron chi connectivity index (χ2n) is 6.95. The van der Waals surface area contributed by atoms with Gasteiger partial charge in [0.15, 0.2) is 0 Å². The number of amidine groups is 1. The first kappa shape index (κ1) is 20.1. The van der Waals surface area contributed by atoms with Crippen molar-refractivity contribution in [3.05, 3.63) is 99.7 Å². The molecule has 5 heteroatoms. The zero-order valence-corrected chi connectivity index (χ0v) is 18.4. The van der Waals surface area contributed by atoms with Crippen LogP contribution in [0.2, 0.25) is 0 Å². The van der Waals surface area contributed by atoms with Crippen LogP contribution in [0.4, 0.5) is 5.69 Å². The third kappa shape index (κ3) is 4.21. The smallest absolute Gasteiger partial charge is 0.282 e. The number of aryl methyl sites for hydroxylation is 1. The molecule has 0 N–H and O–H groups in total. The van der Waals surface area contributed by atoms with Crippen LogP contribution in [-0.4, -0.2) is 18.3 Å². The molecule has 30 heavy (non-hydrogen) atoms. The zero-order chi connectivity index (χ0) is 21.1. The molecule has 1 heterocycles. The number of aliphatic imine (C=N–C) groups is 1. The molecule has 3 aromatic carbocycles. The summed E-state index contributed by atoms with van der Waals surface area (Å²) in [6.07, 6.45) is 1.81. The molecule has 1 amide bonds. The molecular weight excluding hydrogens is 440 g/mol. The molecule has 0 saturated carbocycles. The number of carbonyl (C=O) groups excluding carboxylic acids is 1. The van der Waals surface area contributed by atoms with Crippen LogP contribution in [-0.2, 0) is 4.79 Å². The second kappa shape index (κ2) is 8.67. The number of amides is 1. The molecule has 3 aromatic rings. The standard InChI is InChI=1S/C25H21BrN2O2/c1-3-30-22-13-9-18(10-14-22)15-23-25(29)28(21-6-4-5-20(26)16-21)24(27-23)19-11-7-17(2)8-12-19/h4-16H,3H2,1-2H3/b23-15+. The molecule has 0 spiro atoms. The van der Waals surface area contributed by atoms with Crippen LogP contribution in [0.3, 0.4) is 0 Å². The lowest BCUT2D eigenvalue weighted by Crippen LogP contribution is -2.32. The third-order valence-corrected chi connectivity index (χ3v) is 5.22. The number of halogens is 1. The molecule has 1 aliphatic heterocycles. The predicted octanol–water partition coefficient (Wildman–Crippen LogP) is 5.99. The maximum atomic E-state index is 13.3. The van der Waals surface area contributed by atoms with Crippen molar-refractivity contribution in [2.24, 2.45) is 4.99 Å². The average Bonchev–Trinajstić information content (AvgIpc) is 3.06. The van der Waals surface area contributed by atoms with E-state index >= 15 is 0 Å². The van der Waals surface area contributed by atoms with Gasteiger partial charge in [-0.1, -0.05) is 64.0 Å². The molecule has 0 atom stereocenters. The van der Waals surface area contributed by atoms with Crippen molar-refractivity contribution in [2.45, 2.75) is 13.8 Å². The van der Waals surface area contributed by atoms with Gasteiger partial charge in [-0.15, -0.1) is 0 Å². The summed E-state index contributed by atoms with van der Waals surface area (Å²) in [5, 5.41) is 0. The molecule has 1 aliphatic rings. The van der Waals surface area contributed by atoms with Gasteiger partial charge in [0.2, 0.25) is 0 Å². The fourth-order valence-electron chi connectivity index (χ4n) is 3.25. The quantitative estimate of drug-likeness (QED) is 0.438. The average molecular weight is 461 g/mol. The summed E-state index contributed by atoms with van der Waals surface area (Å²) in [6.45, 7) is 4.60. The van der Waals surface area contributed by atoms with Gasteiger partial charge in [0, 0.05) is 10.0 Å². The van der Waals surface area contributed by atoms with E-state index < -0.39 is 0 Å². The van der Waals surface area contributed by atoms with Crippen molar-refractivity contribution in [3.63, 3.8) is 0 Å². The minimum Gasteiger partial charge on any atom is -0.494 e. The maximum Gasteiger partial charge on any atom is 0.282 e. The van der Waals surface area contributed by atoms with E-state index in [1.807, 2.05) is 92.7 Å². The number of ether oxygens (including phenoxy) is 1. The molecule has 0 radical (unpaired) electrons. The fraction of sp³-hybridized carbons (Fsp3) is 0.120. The van der Waals surface area contributed by atoms with E-state index in [9.17, 15) is 4.79 Å². The Bertz CT molecular complexity index is 1130. The van der Waals surface area contributed by atoms with Gasteiger partial charge in [-0.05, 0) is 55.8 Å². The van der Waals surface area contributed by atoms with E-state index in [4.69, 9.17) is 9.73 Å². The molecule has 4 nitrogen and oxygen atoms in total. The lowest BCUT2D eigenvalue weighted by Gasteiger charge is -2.19. The zero-order valence-electron chi connectivity index (χ0n) is 16.8. The minimum atomic E-state index is -0.155. The van der Waals surface area contributed by atoms with E-state index in [1.165, 1.54) is 0 Å². The Balaban J connectivity index is 1.76. The Morgan fingerprint density at radius 1 is 1.03 bits per heavy atom. The summed E-state index contributed by atoms with van der Waals surface area (Å²) in [4.78, 5) is 19.7. The second-order valence-corrected chi connectivity index (χ2v) is 7.87. The Morgan fingerprint density at radius 3 is 2.43 bits per heavy atom. The monoisotopic (exact) mass is 460 g/mol. The van der Waals surface area contributed by atoms with Crippen molar-refractivity contribution in [1.82, 2.24) is 0 Å². The summed E-state index contributed by atoms with van der Waals surface area (Å²) in [5.74, 6) is 1.27. The summed E-state index contributed by atoms with van der Waals surface area (Å²) < 4.78 is 6.40. The Morgan fingerprint density at radius 2 is 1.77 bits per heavy atom. The first-order valence-electron chi connectivity index (χ1n) is 9.75. The normalized spacial score (nSPS) is 14.9. The van der Waals surface area contributed by atoms with Crippen molar-refractivity contribution < 1.29 is 9.53 Å². The molecule has 0 saturated heterocycles. The van der Waals surface area contributed by atoms with Gasteiger partial charge in [0.05, 0.1) is 12.3 Å². The van der Waals surface area contributed by atoms with E-state index in [0.717, 1.165) is 32.6 Å². The van der Waals surface area contributed by atoms with E-state index in [1.54, 1.807) is 4.90 Å². The molecule has 0 bridgehead atoms. The van der Waals surface area contributed by atoms with Gasteiger partial charge in [-0.2, -0.15) is 0 Å². The van der Waals surface area contributed by atoms with Crippen LogP contribution in [0, 0.1) is 6.92 Å². The molecular formula is C25H21BrN2O2. The van der Waals surface area contributed by atoms with Gasteiger partial charge in [0.25, 0.3) is 5.91 Å². The lowest BCUT2D eigenvalue weighted by molar-refractivity contribution is -0.113. The number of nitrogens with zero attached hydrogens (tertiary/aromatic N) is 2. The number of hydrogen-bond acceptors (Lipinski definition) is 3. The van der Waals surface area contributed by atoms with Crippen LogP contribution >= 0.6 is 15.9 Å². The Kier molecular flexibility index (Phi) is 5.81. The summed E-state index contributed by atoms with van der Waals surface area (Å²) in [7, 11) is 0. The summed E-state index contributed by atoms with van der Waals surface area (Å²) in [5.41, 5.74) is 4.11. The van der Waals surface area contributed by atoms with Crippen LogP contribution in [0.5, 0.6) is 5.75 Å². The summed E-state index contributed by atoms with van der Waals surface area (Å²) >= 11 is 3.50. The van der Waals surface area contributed by atoms with Crippen LogP contribution in [0.1, 0.15) is 23.6 Å². The van der Waals surface area contributed by atoms with E-state index in [2.05, 4.69) is 15.9 Å². The highest BCUT2D eigenvalue weighted by Gasteiger charge is 2.32. The maximum absolute atomic E-state index is 13.3. The largest absolute Gasteiger partial charge is 0.494 e. The van der Waals surface area contributed by atoms with Gasteiger partial charge in [-0.25, -0.2) is 4.99 Å². The van der Waals surface area contributed by atoms with Crippen LogP contribution < -0.4 is 9.64 Å². The fourth-order valence-corrected chi connectivity index (χ4v) is 3.64. The molecule has 4 rings (SSSR count). The number of carbonyl (C=O) groups is 1. The first-order chi connectivity index (χ1) is 14.5. The highest BCUT2D eigenvalue weighted by atomic mass is 79.9. The molecule has 150 valence electrons. The molecule has 0 unspecified atom stereocenters. The van der Waals surface area contributed by atoms with Gasteiger partial charge in [-0.3, -0.25) is 9.69 Å². The van der Waals surface area contributed by atoms with Gasteiger partial charge in [0.1, 0.15) is 17.3 Å². The van der Waals surface area contributed by atoms with E-state index in [0.29, 0.717) is 18.1 Å². The van der Waals surface area contributed by atoms with E-state index in [-0.39, 0.29) is 5.91 Å². The highest BCUT2D eigenvalue weighted by Crippen LogP contribution is 2.30. The lowest BCUT2D eigenvalue weighted by atomic mass is 10.1. The van der Waals surface area contributed by atoms with Crippen LogP contribution in [0.25, 0.3) is 6.08 Å². The Hall–Kier alpha value is -3.18. The Labute approximate surface area is 184 Å². The van der Waals surface area contributed by atoms with Gasteiger partial charge >= 0.3 is 0 Å². The number of hydrogen-bond donors (Lipinski definition) is 0. The van der Waals surface area contributed by atoms with Crippen LogP contribution in [0.15, 0.2) is 88.0 Å². The number of rotatable bonds is 5. The highest BCUT2D eigenvalue weighted by molar-refractivity contribution is 9.10. The topological polar surface area (TPSA) is 41.9 Å². The van der Waals surface area contributed by atoms with Crippen molar-refractivity contribution in [3.8, 4) is 5.75 Å². The van der Waals surface area contributed by atoms with Crippen molar-refractivity contribution >= 4 is 39.4 Å². The number of benzene rings is 3. The number of anilines is 1. The molecule has 0 aliphatic carbocycles. The minimum absolute atomic E-state index is 0.155. The first-order valence-corrected chi connectivity index (χ1v) is 10.5. The predicted molar refractivity (Wildman–Crippen MR) is 125 cm³/mol. The third-order valence-electron chi connectivity index (χ3n) is 4.73. The molecule has 0 fully saturated rings.